The molecule has 7 nitrogen and oxygen atoms in total. The molecule has 1 fully saturated rings. The molecule has 0 amide bonds. The minimum absolute atomic E-state index is 0.188. The van der Waals surface area contributed by atoms with Crippen LogP contribution in [0.15, 0.2) is 21.5 Å². The molecule has 2 N–H and O–H groups in total. The van der Waals surface area contributed by atoms with Crippen molar-refractivity contribution in [3.8, 4) is 0 Å². The highest BCUT2D eigenvalue weighted by molar-refractivity contribution is 5.72. The van der Waals surface area contributed by atoms with E-state index in [0.29, 0.717) is 12.1 Å². The van der Waals surface area contributed by atoms with Gasteiger partial charge in [0, 0.05) is 19.0 Å². The van der Waals surface area contributed by atoms with Gasteiger partial charge >= 0.3 is 5.69 Å². The third kappa shape index (κ3) is 5.21. The fraction of sp³-hybridized carbons (Fsp3) is 0.714. The van der Waals surface area contributed by atoms with Crippen LogP contribution < -0.4 is 5.69 Å². The van der Waals surface area contributed by atoms with E-state index in [1.54, 1.807) is 6.20 Å². The zero-order valence-corrected chi connectivity index (χ0v) is 16.7. The van der Waals surface area contributed by atoms with Crippen LogP contribution in [0.25, 0.3) is 11.1 Å². The summed E-state index contributed by atoms with van der Waals surface area (Å²) in [5.74, 6) is 0.826. The minimum atomic E-state index is -0.849. The molecule has 0 aliphatic carbocycles. The van der Waals surface area contributed by atoms with Crippen LogP contribution in [-0.4, -0.2) is 38.6 Å². The molecule has 3 atom stereocenters. The van der Waals surface area contributed by atoms with Crippen molar-refractivity contribution < 1.29 is 19.4 Å². The Hall–Kier alpha value is -1.70. The summed E-state index contributed by atoms with van der Waals surface area (Å²) >= 11 is 0. The quantitative estimate of drug-likeness (QED) is 0.569. The summed E-state index contributed by atoms with van der Waals surface area (Å²) in [5.41, 5.74) is -0.204. The smallest absolute Gasteiger partial charge is 0.353 e. The van der Waals surface area contributed by atoms with Gasteiger partial charge in [0.25, 0.3) is 0 Å². The van der Waals surface area contributed by atoms with E-state index in [2.05, 4.69) is 11.9 Å². The van der Waals surface area contributed by atoms with Gasteiger partial charge in [-0.1, -0.05) is 51.9 Å². The Morgan fingerprint density at radius 1 is 1.18 bits per heavy atom. The Morgan fingerprint density at radius 3 is 2.57 bits per heavy atom. The summed E-state index contributed by atoms with van der Waals surface area (Å²) in [5, 5.41) is 20.1. The Labute approximate surface area is 165 Å². The lowest BCUT2D eigenvalue weighted by molar-refractivity contribution is -0.0527. The van der Waals surface area contributed by atoms with Crippen molar-refractivity contribution >= 4 is 11.1 Å². The second-order valence-corrected chi connectivity index (χ2v) is 7.76. The van der Waals surface area contributed by atoms with Crippen LogP contribution in [0.5, 0.6) is 0 Å². The van der Waals surface area contributed by atoms with Gasteiger partial charge in [0.1, 0.15) is 11.9 Å². The standard InChI is InChI=1S/C21H32N2O5/c1-2-3-4-5-6-7-8-9-10-16-11-15-13-23(21(26)22-19(15)27-16)20-18(25)12-17(14-24)28-20/h11,13,17-18,20,24-25H,2-10,12,14H2,1H3/t17-,18+,20+/m0/s1. The van der Waals surface area contributed by atoms with Gasteiger partial charge in [0.15, 0.2) is 6.23 Å². The van der Waals surface area contributed by atoms with Crippen molar-refractivity contribution in [2.45, 2.75) is 89.6 Å². The SMILES string of the molecule is CCCCCCCCCCc1cc2cn([C@@H]3O[C@H](CO)C[C@H]3O)c(=O)nc2o1. The van der Waals surface area contributed by atoms with Crippen LogP contribution in [0.4, 0.5) is 0 Å². The van der Waals surface area contributed by atoms with Crippen LogP contribution in [-0.2, 0) is 11.2 Å². The van der Waals surface area contributed by atoms with E-state index in [-0.39, 0.29) is 6.61 Å². The van der Waals surface area contributed by atoms with E-state index >= 15 is 0 Å². The van der Waals surface area contributed by atoms with Gasteiger partial charge in [-0.3, -0.25) is 4.57 Å². The molecule has 0 spiro atoms. The van der Waals surface area contributed by atoms with Gasteiger partial charge < -0.3 is 19.4 Å². The molecule has 2 aromatic rings. The molecule has 1 saturated heterocycles. The van der Waals surface area contributed by atoms with Crippen molar-refractivity contribution in [3.63, 3.8) is 0 Å². The molecule has 1 aliphatic heterocycles. The number of nitrogens with zero attached hydrogens (tertiary/aromatic N) is 2. The molecule has 0 unspecified atom stereocenters. The maximum atomic E-state index is 12.3. The Balaban J connectivity index is 1.56. The second-order valence-electron chi connectivity index (χ2n) is 7.76. The van der Waals surface area contributed by atoms with Crippen LogP contribution in [0.2, 0.25) is 0 Å². The molecule has 2 aromatic heterocycles. The second kappa shape index (κ2) is 10.2. The lowest BCUT2D eigenvalue weighted by Gasteiger charge is -2.16. The van der Waals surface area contributed by atoms with E-state index in [1.165, 1.54) is 49.5 Å². The number of aromatic nitrogens is 2. The topological polar surface area (TPSA) is 97.7 Å². The van der Waals surface area contributed by atoms with Gasteiger partial charge in [-0.15, -0.1) is 0 Å². The summed E-state index contributed by atoms with van der Waals surface area (Å²) < 4.78 is 12.6. The molecule has 3 rings (SSSR count). The Bertz CT molecular complexity index is 800. The minimum Gasteiger partial charge on any atom is -0.443 e. The normalized spacial score (nSPS) is 22.3. The fourth-order valence-corrected chi connectivity index (χ4v) is 3.81. The highest BCUT2D eigenvalue weighted by Gasteiger charge is 2.35. The van der Waals surface area contributed by atoms with Crippen molar-refractivity contribution in [2.75, 3.05) is 6.61 Å². The van der Waals surface area contributed by atoms with Crippen LogP contribution in [0, 0.1) is 0 Å². The zero-order valence-electron chi connectivity index (χ0n) is 16.7. The molecule has 0 radical (unpaired) electrons. The van der Waals surface area contributed by atoms with E-state index in [1.807, 2.05) is 6.07 Å². The molecule has 7 heteroatoms. The van der Waals surface area contributed by atoms with Gasteiger partial charge in [-0.2, -0.15) is 4.98 Å². The Morgan fingerprint density at radius 2 is 1.89 bits per heavy atom. The number of aryl methyl sites for hydroxylation is 1. The number of hydrogen-bond donors (Lipinski definition) is 2. The van der Waals surface area contributed by atoms with E-state index < -0.39 is 24.1 Å². The Kier molecular flexibility index (Phi) is 7.65. The summed E-state index contributed by atoms with van der Waals surface area (Å²) in [6, 6.07) is 1.91. The number of aliphatic hydroxyl groups is 2. The van der Waals surface area contributed by atoms with Crippen molar-refractivity contribution in [1.29, 1.82) is 0 Å². The van der Waals surface area contributed by atoms with Crippen LogP contribution in [0.1, 0.15) is 76.7 Å². The molecule has 0 bridgehead atoms. The number of rotatable bonds is 11. The van der Waals surface area contributed by atoms with Crippen molar-refractivity contribution in [3.05, 3.63) is 28.5 Å². The summed E-state index contributed by atoms with van der Waals surface area (Å²) in [6.45, 7) is 2.04. The molecule has 0 saturated carbocycles. The van der Waals surface area contributed by atoms with Crippen molar-refractivity contribution in [2.24, 2.45) is 0 Å². The first-order valence-electron chi connectivity index (χ1n) is 10.6. The number of unbranched alkanes of at least 4 members (excludes halogenated alkanes) is 7. The van der Waals surface area contributed by atoms with Gasteiger partial charge in [0.2, 0.25) is 5.71 Å². The molecule has 3 heterocycles. The first-order chi connectivity index (χ1) is 13.6. The predicted molar refractivity (Wildman–Crippen MR) is 106 cm³/mol. The maximum Gasteiger partial charge on any atom is 0.353 e. The zero-order chi connectivity index (χ0) is 19.9. The number of aliphatic hydroxyl groups excluding tert-OH is 2. The lowest BCUT2D eigenvalue weighted by Crippen LogP contribution is -2.31. The van der Waals surface area contributed by atoms with E-state index in [9.17, 15) is 15.0 Å². The number of fused-ring (bicyclic) bond motifs is 1. The third-order valence-corrected chi connectivity index (χ3v) is 5.41. The largest absolute Gasteiger partial charge is 0.443 e. The maximum absolute atomic E-state index is 12.3. The predicted octanol–water partition coefficient (Wildman–Crippen LogP) is 3.31. The highest BCUT2D eigenvalue weighted by Crippen LogP contribution is 2.28. The average molecular weight is 392 g/mol. The van der Waals surface area contributed by atoms with E-state index in [0.717, 1.165) is 24.0 Å². The number of furan rings is 1. The highest BCUT2D eigenvalue weighted by atomic mass is 16.5. The monoisotopic (exact) mass is 392 g/mol. The average Bonchev–Trinajstić information content (AvgIpc) is 3.25. The number of hydrogen-bond acceptors (Lipinski definition) is 6. The molecule has 28 heavy (non-hydrogen) atoms. The molecule has 1 aliphatic rings. The van der Waals surface area contributed by atoms with Crippen LogP contribution in [0.3, 0.4) is 0 Å². The first-order valence-corrected chi connectivity index (χ1v) is 10.6. The van der Waals surface area contributed by atoms with Gasteiger partial charge in [0.05, 0.1) is 18.1 Å². The molecular weight excluding hydrogens is 360 g/mol. The van der Waals surface area contributed by atoms with Crippen LogP contribution >= 0.6 is 0 Å². The summed E-state index contributed by atoms with van der Waals surface area (Å²) in [6.07, 6.45) is 10.6. The van der Waals surface area contributed by atoms with Crippen molar-refractivity contribution in [1.82, 2.24) is 9.55 Å². The first kappa shape index (κ1) is 21.0. The van der Waals surface area contributed by atoms with E-state index in [4.69, 9.17) is 9.15 Å². The van der Waals surface area contributed by atoms with Gasteiger partial charge in [-0.05, 0) is 12.5 Å². The lowest BCUT2D eigenvalue weighted by atomic mass is 10.1. The third-order valence-electron chi connectivity index (χ3n) is 5.41. The molecule has 156 valence electrons. The summed E-state index contributed by atoms with van der Waals surface area (Å²) in [4.78, 5) is 16.3. The number of ether oxygens (including phenoxy) is 1. The molecular formula is C21H32N2O5. The summed E-state index contributed by atoms with van der Waals surface area (Å²) in [7, 11) is 0. The van der Waals surface area contributed by atoms with Gasteiger partial charge in [-0.25, -0.2) is 4.79 Å². The fourth-order valence-electron chi connectivity index (χ4n) is 3.81. The molecule has 0 aromatic carbocycles.